The molecule has 3 aliphatic rings. The Balaban J connectivity index is 1.25. The molecule has 2 bridgehead atoms. The maximum Gasteiger partial charge on any atom is 0.251 e. The lowest BCUT2D eigenvalue weighted by atomic mass is 9.38. The lowest BCUT2D eigenvalue weighted by Crippen LogP contribution is -2.75. The summed E-state index contributed by atoms with van der Waals surface area (Å²) in [5.74, 6) is -1.60. The molecule has 2 aromatic carbocycles. The average molecular weight is 431 g/mol. The second-order valence-electron chi connectivity index (χ2n) is 8.15. The zero-order valence-electron chi connectivity index (χ0n) is 15.8. The summed E-state index contributed by atoms with van der Waals surface area (Å²) in [6.07, 6.45) is 2.34. The van der Waals surface area contributed by atoms with Gasteiger partial charge in [0.15, 0.2) is 5.78 Å². The summed E-state index contributed by atoms with van der Waals surface area (Å²) >= 11 is 5.61. The van der Waals surface area contributed by atoms with Crippen LogP contribution in [-0.4, -0.2) is 23.8 Å². The van der Waals surface area contributed by atoms with E-state index < -0.39 is 17.5 Å². The molecule has 154 valence electrons. The topological polar surface area (TPSA) is 79.2 Å². The summed E-state index contributed by atoms with van der Waals surface area (Å²) in [5.41, 5.74) is -0.459. The monoisotopic (exact) mass is 430 g/mol. The van der Waals surface area contributed by atoms with Crippen LogP contribution in [0.3, 0.4) is 0 Å². The van der Waals surface area contributed by atoms with Crippen molar-refractivity contribution in [2.75, 3.05) is 6.61 Å². The van der Waals surface area contributed by atoms with Gasteiger partial charge in [0.1, 0.15) is 30.1 Å². The molecular formula is C22H17ClF2N2O3. The highest BCUT2D eigenvalue weighted by atomic mass is 35.5. The minimum absolute atomic E-state index is 0.0152. The minimum atomic E-state index is -0.731. The second-order valence-corrected chi connectivity index (χ2v) is 8.56. The maximum atomic E-state index is 13.7. The van der Waals surface area contributed by atoms with Crippen molar-refractivity contribution in [3.05, 3.63) is 64.2 Å². The van der Waals surface area contributed by atoms with Gasteiger partial charge >= 0.3 is 0 Å². The van der Waals surface area contributed by atoms with E-state index in [9.17, 15) is 18.4 Å². The van der Waals surface area contributed by atoms with Crippen LogP contribution in [0.1, 0.15) is 41.6 Å². The number of nitrogens with one attached hydrogen (secondary N) is 1. The Morgan fingerprint density at radius 2 is 1.87 bits per heavy atom. The molecule has 3 fully saturated rings. The number of ether oxygens (including phenoxy) is 1. The largest absolute Gasteiger partial charge is 0.486 e. The molecule has 3 saturated carbocycles. The fraction of sp³-hybridized carbons (Fsp3) is 0.318. The first-order valence-corrected chi connectivity index (χ1v) is 9.73. The summed E-state index contributed by atoms with van der Waals surface area (Å²) in [6.45, 7) is -0.160. The lowest BCUT2D eigenvalue weighted by molar-refractivity contribution is -0.162. The first-order chi connectivity index (χ1) is 14.2. The number of nitriles is 1. The van der Waals surface area contributed by atoms with Gasteiger partial charge in [-0.1, -0.05) is 11.6 Å². The van der Waals surface area contributed by atoms with Gasteiger partial charge in [0, 0.05) is 23.6 Å². The van der Waals surface area contributed by atoms with Crippen molar-refractivity contribution in [3.8, 4) is 11.8 Å². The Labute approximate surface area is 176 Å². The summed E-state index contributed by atoms with van der Waals surface area (Å²) < 4.78 is 32.5. The van der Waals surface area contributed by atoms with Crippen LogP contribution < -0.4 is 10.1 Å². The molecular weight excluding hydrogens is 414 g/mol. The molecule has 0 atom stereocenters. The number of hydrogen-bond donors (Lipinski definition) is 1. The number of carbonyl (C=O) groups is 2. The van der Waals surface area contributed by atoms with E-state index in [4.69, 9.17) is 21.6 Å². The van der Waals surface area contributed by atoms with E-state index in [1.807, 2.05) is 0 Å². The second kappa shape index (κ2) is 7.37. The van der Waals surface area contributed by atoms with Crippen LogP contribution in [0.15, 0.2) is 36.4 Å². The molecule has 0 spiro atoms. The van der Waals surface area contributed by atoms with Gasteiger partial charge in [-0.05, 0) is 55.0 Å². The van der Waals surface area contributed by atoms with Crippen molar-refractivity contribution in [2.24, 2.45) is 5.41 Å². The van der Waals surface area contributed by atoms with E-state index in [2.05, 4.69) is 5.32 Å². The number of rotatable bonds is 7. The van der Waals surface area contributed by atoms with E-state index in [0.717, 1.165) is 12.1 Å². The van der Waals surface area contributed by atoms with Crippen molar-refractivity contribution >= 4 is 23.3 Å². The van der Waals surface area contributed by atoms with Crippen LogP contribution in [0.2, 0.25) is 5.02 Å². The van der Waals surface area contributed by atoms with Crippen molar-refractivity contribution in [1.82, 2.24) is 5.32 Å². The standard InChI is InChI=1S/C22H17ClF2N2O3/c23-17-4-3-16(6-19(17)25)30-9-15(28)7-21-10-22(11-21,12-21)27-20(29)13-1-2-14(8-26)18(24)5-13/h1-6H,7,9-12H2,(H,27,29). The summed E-state index contributed by atoms with van der Waals surface area (Å²) in [4.78, 5) is 24.6. The summed E-state index contributed by atoms with van der Waals surface area (Å²) in [5, 5.41) is 11.7. The molecule has 1 amide bonds. The van der Waals surface area contributed by atoms with Crippen LogP contribution in [-0.2, 0) is 4.79 Å². The zero-order chi connectivity index (χ0) is 21.5. The van der Waals surface area contributed by atoms with Crippen LogP contribution in [0, 0.1) is 28.4 Å². The Bertz CT molecular complexity index is 1080. The van der Waals surface area contributed by atoms with Crippen molar-refractivity contribution in [1.29, 1.82) is 5.26 Å². The van der Waals surface area contributed by atoms with E-state index >= 15 is 0 Å². The molecule has 5 rings (SSSR count). The molecule has 3 aliphatic carbocycles. The quantitative estimate of drug-likeness (QED) is 0.714. The molecule has 0 saturated heterocycles. The third kappa shape index (κ3) is 3.75. The molecule has 8 heteroatoms. The minimum Gasteiger partial charge on any atom is -0.486 e. The number of amides is 1. The van der Waals surface area contributed by atoms with Gasteiger partial charge in [0.25, 0.3) is 5.91 Å². The number of ketones is 1. The van der Waals surface area contributed by atoms with Crippen LogP contribution >= 0.6 is 11.6 Å². The van der Waals surface area contributed by atoms with Crippen LogP contribution in [0.4, 0.5) is 8.78 Å². The van der Waals surface area contributed by atoms with E-state index in [1.54, 1.807) is 6.07 Å². The Morgan fingerprint density at radius 3 is 2.50 bits per heavy atom. The van der Waals surface area contributed by atoms with Gasteiger partial charge < -0.3 is 10.1 Å². The molecule has 0 heterocycles. The SMILES string of the molecule is N#Cc1ccc(C(=O)NC23CC(CC(=O)COc4ccc(Cl)c(F)c4)(C2)C3)cc1F. The zero-order valence-corrected chi connectivity index (χ0v) is 16.6. The summed E-state index contributed by atoms with van der Waals surface area (Å²) in [6, 6.07) is 9.45. The van der Waals surface area contributed by atoms with Crippen LogP contribution in [0.25, 0.3) is 0 Å². The van der Waals surface area contributed by atoms with Gasteiger partial charge in [-0.2, -0.15) is 5.26 Å². The molecule has 0 aromatic heterocycles. The molecule has 0 unspecified atom stereocenters. The van der Waals surface area contributed by atoms with E-state index in [-0.39, 0.29) is 45.2 Å². The van der Waals surface area contributed by atoms with Gasteiger partial charge in [0.05, 0.1) is 10.6 Å². The fourth-order valence-electron chi connectivity index (χ4n) is 4.58. The highest BCUT2D eigenvalue weighted by Crippen LogP contribution is 2.69. The number of carbonyl (C=O) groups excluding carboxylic acids is 2. The molecule has 30 heavy (non-hydrogen) atoms. The molecule has 0 aliphatic heterocycles. The highest BCUT2D eigenvalue weighted by Gasteiger charge is 2.68. The van der Waals surface area contributed by atoms with Crippen molar-refractivity contribution in [2.45, 2.75) is 31.2 Å². The van der Waals surface area contributed by atoms with E-state index in [1.165, 1.54) is 24.3 Å². The average Bonchev–Trinajstić information content (AvgIpc) is 2.66. The molecule has 5 nitrogen and oxygen atoms in total. The lowest BCUT2D eigenvalue weighted by Gasteiger charge is -2.70. The highest BCUT2D eigenvalue weighted by molar-refractivity contribution is 6.30. The van der Waals surface area contributed by atoms with Gasteiger partial charge in [-0.3, -0.25) is 9.59 Å². The van der Waals surface area contributed by atoms with Crippen molar-refractivity contribution < 1.29 is 23.1 Å². The smallest absolute Gasteiger partial charge is 0.251 e. The number of benzene rings is 2. The van der Waals surface area contributed by atoms with E-state index in [0.29, 0.717) is 25.7 Å². The predicted molar refractivity (Wildman–Crippen MR) is 104 cm³/mol. The normalized spacial score (nSPS) is 23.5. The Morgan fingerprint density at radius 1 is 1.13 bits per heavy atom. The number of hydrogen-bond acceptors (Lipinski definition) is 4. The maximum absolute atomic E-state index is 13.7. The summed E-state index contributed by atoms with van der Waals surface area (Å²) in [7, 11) is 0. The van der Waals surface area contributed by atoms with Crippen molar-refractivity contribution in [3.63, 3.8) is 0 Å². The van der Waals surface area contributed by atoms with Gasteiger partial charge in [-0.25, -0.2) is 8.78 Å². The third-order valence-electron chi connectivity index (χ3n) is 5.73. The molecule has 2 aromatic rings. The molecule has 0 radical (unpaired) electrons. The molecule has 1 N–H and O–H groups in total. The number of halogens is 3. The van der Waals surface area contributed by atoms with Gasteiger partial charge in [-0.15, -0.1) is 0 Å². The fourth-order valence-corrected chi connectivity index (χ4v) is 4.70. The van der Waals surface area contributed by atoms with Crippen LogP contribution in [0.5, 0.6) is 5.75 Å². The number of nitrogens with zero attached hydrogens (tertiary/aromatic N) is 1. The first-order valence-electron chi connectivity index (χ1n) is 9.35. The first kappa shape index (κ1) is 20.3. The third-order valence-corrected chi connectivity index (χ3v) is 6.04. The van der Waals surface area contributed by atoms with Gasteiger partial charge in [0.2, 0.25) is 0 Å². The Kier molecular flexibility index (Phi) is 4.99. The number of Topliss-reactive ketones (excluding diaryl/α,β-unsaturated/α-hetero) is 1. The predicted octanol–water partition coefficient (Wildman–Crippen LogP) is 4.18. The Hall–Kier alpha value is -2.98.